The van der Waals surface area contributed by atoms with Gasteiger partial charge in [0.15, 0.2) is 17.3 Å². The predicted octanol–water partition coefficient (Wildman–Crippen LogP) is 11.2. The molecule has 0 spiro atoms. The van der Waals surface area contributed by atoms with Crippen molar-refractivity contribution >= 4 is 53.7 Å². The Labute approximate surface area is 415 Å². The van der Waals surface area contributed by atoms with Crippen LogP contribution in [-0.2, 0) is 6.42 Å². The molecule has 0 amide bonds. The van der Waals surface area contributed by atoms with Gasteiger partial charge in [-0.05, 0) is 30.5 Å². The third-order valence-electron chi connectivity index (χ3n) is 9.67. The van der Waals surface area contributed by atoms with Crippen LogP contribution in [0.2, 0.25) is 0 Å². The fraction of sp³-hybridized carbons (Fsp3) is 0.222. The van der Waals surface area contributed by atoms with E-state index in [-0.39, 0.29) is 41.3 Å². The van der Waals surface area contributed by atoms with Gasteiger partial charge in [-0.2, -0.15) is 0 Å². The van der Waals surface area contributed by atoms with E-state index in [0.29, 0.717) is 81.3 Å². The van der Waals surface area contributed by atoms with Crippen molar-refractivity contribution in [3.05, 3.63) is 167 Å². The maximum Gasteiger partial charge on any atom is 0.193 e. The van der Waals surface area contributed by atoms with E-state index in [4.69, 9.17) is 42.6 Å². The van der Waals surface area contributed by atoms with Crippen LogP contribution in [0.15, 0.2) is 133 Å². The summed E-state index contributed by atoms with van der Waals surface area (Å²) in [4.78, 5) is 46.5. The third-order valence-corrected chi connectivity index (χ3v) is 9.67. The zero-order valence-corrected chi connectivity index (χ0v) is 42.3. The number of Topliss-reactive ketones (excluding diaryl/α,β-unsaturated/α-hetero) is 2. The molecule has 0 saturated heterocycles. The van der Waals surface area contributed by atoms with E-state index < -0.39 is 0 Å². The van der Waals surface area contributed by atoms with Crippen molar-refractivity contribution in [2.45, 2.75) is 19.8 Å². The highest BCUT2D eigenvalue weighted by atomic mass is 127. The molecule has 0 fully saturated rings. The van der Waals surface area contributed by atoms with Gasteiger partial charge in [0, 0.05) is 48.4 Å². The monoisotopic (exact) mass is 1040 g/mol. The Morgan fingerprint density at radius 3 is 1.10 bits per heavy atom. The van der Waals surface area contributed by atoms with Crippen LogP contribution in [0.5, 0.6) is 51.7 Å². The smallest absolute Gasteiger partial charge is 0.193 e. The van der Waals surface area contributed by atoms with Gasteiger partial charge >= 0.3 is 0 Å². The minimum atomic E-state index is -0.194. The maximum atomic E-state index is 12.6. The molecular formula is C54H59IO13. The molecule has 0 saturated carbocycles. The lowest BCUT2D eigenvalue weighted by Gasteiger charge is -2.14. The molecule has 13 nitrogen and oxygen atoms in total. The summed E-state index contributed by atoms with van der Waals surface area (Å²) in [7, 11) is 13.7. The molecule has 0 aliphatic rings. The molecule has 6 aromatic rings. The first kappa shape index (κ1) is 56.8. The Morgan fingerprint density at radius 1 is 0.441 bits per heavy atom. The second kappa shape index (κ2) is 30.8. The van der Waals surface area contributed by atoms with Crippen LogP contribution in [-0.4, -0.2) is 87.6 Å². The predicted molar refractivity (Wildman–Crippen MR) is 274 cm³/mol. The molecule has 0 aliphatic heterocycles. The van der Waals surface area contributed by atoms with E-state index in [1.54, 1.807) is 75.9 Å². The summed E-state index contributed by atoms with van der Waals surface area (Å²) in [6, 6.07) is 38.6. The van der Waals surface area contributed by atoms with Gasteiger partial charge in [-0.15, -0.1) is 24.0 Å². The van der Waals surface area contributed by atoms with Gasteiger partial charge in [-0.1, -0.05) is 97.1 Å². The molecule has 0 N–H and O–H groups in total. The summed E-state index contributed by atoms with van der Waals surface area (Å²) in [6.07, 6.45) is 5.16. The topological polar surface area (TPSA) is 151 Å². The first-order valence-electron chi connectivity index (χ1n) is 20.7. The van der Waals surface area contributed by atoms with Gasteiger partial charge < -0.3 is 42.6 Å². The van der Waals surface area contributed by atoms with Crippen molar-refractivity contribution < 1.29 is 61.8 Å². The molecule has 6 aromatic carbocycles. The lowest BCUT2D eigenvalue weighted by molar-refractivity contribution is 0.0973. The normalized spacial score (nSPS) is 9.79. The van der Waals surface area contributed by atoms with Gasteiger partial charge in [-0.25, -0.2) is 0 Å². The lowest BCUT2D eigenvalue weighted by Crippen LogP contribution is -2.07. The Kier molecular flexibility index (Phi) is 25.7. The number of methoxy groups -OCH3 is 9. The molecule has 0 aliphatic carbocycles. The van der Waals surface area contributed by atoms with Gasteiger partial charge in [0.25, 0.3) is 0 Å². The summed E-state index contributed by atoms with van der Waals surface area (Å²) in [6.45, 7) is 1.47. The highest BCUT2D eigenvalue weighted by Crippen LogP contribution is 2.37. The molecular weight excluding hydrogens is 983 g/mol. The van der Waals surface area contributed by atoms with E-state index in [1.165, 1.54) is 55.7 Å². The van der Waals surface area contributed by atoms with Crippen LogP contribution in [0, 0.1) is 0 Å². The highest BCUT2D eigenvalue weighted by molar-refractivity contribution is 14.0. The average Bonchev–Trinajstić information content (AvgIpc) is 3.39. The number of carbonyl (C=O) groups excluding carboxylic acids is 4. The second-order valence-electron chi connectivity index (χ2n) is 13.8. The Morgan fingerprint density at radius 2 is 0.779 bits per heavy atom. The number of ether oxygens (including phenoxy) is 9. The summed E-state index contributed by atoms with van der Waals surface area (Å²) in [5, 5.41) is 0. The quantitative estimate of drug-likeness (QED) is 0.0348. The first-order valence-corrected chi connectivity index (χ1v) is 20.7. The number of allylic oxidation sites excluding steroid dienone is 1. The van der Waals surface area contributed by atoms with Gasteiger partial charge in [-0.3, -0.25) is 19.2 Å². The van der Waals surface area contributed by atoms with Crippen LogP contribution in [0.25, 0.3) is 6.08 Å². The summed E-state index contributed by atoms with van der Waals surface area (Å²) in [5.41, 5.74) is 4.07. The van der Waals surface area contributed by atoms with E-state index in [2.05, 4.69) is 0 Å². The molecule has 0 atom stereocenters. The van der Waals surface area contributed by atoms with Crippen molar-refractivity contribution in [3.63, 3.8) is 0 Å². The number of hydrogen-bond donors (Lipinski definition) is 0. The molecule has 14 heteroatoms. The van der Waals surface area contributed by atoms with Crippen LogP contribution in [0.4, 0.5) is 0 Å². The molecule has 0 unspecified atom stereocenters. The first-order chi connectivity index (χ1) is 32.4. The highest BCUT2D eigenvalue weighted by Gasteiger charge is 2.21. The fourth-order valence-corrected chi connectivity index (χ4v) is 6.26. The minimum Gasteiger partial charge on any atom is -0.496 e. The molecule has 360 valence electrons. The Bertz CT molecular complexity index is 2450. The van der Waals surface area contributed by atoms with Crippen LogP contribution < -0.4 is 42.6 Å². The lowest BCUT2D eigenvalue weighted by atomic mass is 10.0. The maximum absolute atomic E-state index is 12.6. The van der Waals surface area contributed by atoms with E-state index >= 15 is 0 Å². The zero-order valence-electron chi connectivity index (χ0n) is 40.0. The van der Waals surface area contributed by atoms with E-state index in [9.17, 15) is 19.2 Å². The summed E-state index contributed by atoms with van der Waals surface area (Å²) in [5.74, 6) is 4.12. The van der Waals surface area contributed by atoms with Crippen molar-refractivity contribution in [1.29, 1.82) is 0 Å². The third kappa shape index (κ3) is 17.1. The number of aryl methyl sites for hydroxylation is 1. The molecule has 6 rings (SSSR count). The number of benzene rings is 6. The minimum absolute atomic E-state index is 0. The molecule has 0 radical (unpaired) electrons. The van der Waals surface area contributed by atoms with Gasteiger partial charge in [0.2, 0.25) is 0 Å². The van der Waals surface area contributed by atoms with Crippen LogP contribution >= 0.6 is 24.0 Å². The standard InChI is InChI=1S/C18H20O4.C18H18O4.C11H14O4.C7H6O.HI/c2*1-20-14-11-16(21-2)18(17(12-14)22-3)15(19)10-9-13-7-5-4-6-8-13;1-7(12)11-9(14-3)5-8(13-2)6-10(11)15-4;8-6-7-4-2-1-3-5-7;/h4-8,11-12H,9-10H2,1-3H3;4-12H,1-3H3;5-6H,1-4H3;1-6H;1H/b;10-9+;;;. The Balaban J connectivity index is 0.000000326. The number of hydrogen-bond acceptors (Lipinski definition) is 13. The molecule has 68 heavy (non-hydrogen) atoms. The largest absolute Gasteiger partial charge is 0.496 e. The van der Waals surface area contributed by atoms with Gasteiger partial charge in [0.1, 0.15) is 74.7 Å². The Hall–Kier alpha value is -7.33. The SMILES string of the molecule is COc1cc(OC)c(C(=O)/C=C/c2ccccc2)c(OC)c1.COc1cc(OC)c(C(=O)CCc2ccccc2)c(OC)c1.COc1cc(OC)c(C(C)=O)c(OC)c1.I.O=Cc1ccccc1. The fourth-order valence-electron chi connectivity index (χ4n) is 6.26. The van der Waals surface area contributed by atoms with Crippen molar-refractivity contribution in [2.75, 3.05) is 64.0 Å². The van der Waals surface area contributed by atoms with Crippen molar-refractivity contribution in [3.8, 4) is 51.7 Å². The average molecular weight is 1040 g/mol. The van der Waals surface area contributed by atoms with E-state index in [1.807, 2.05) is 78.9 Å². The van der Waals surface area contributed by atoms with Crippen LogP contribution in [0.1, 0.15) is 65.9 Å². The van der Waals surface area contributed by atoms with Crippen LogP contribution in [0.3, 0.4) is 0 Å². The zero-order chi connectivity index (χ0) is 49.1. The summed E-state index contributed by atoms with van der Waals surface area (Å²) >= 11 is 0. The number of carbonyl (C=O) groups is 4. The van der Waals surface area contributed by atoms with Crippen molar-refractivity contribution in [2.24, 2.45) is 0 Å². The number of rotatable bonds is 18. The molecule has 0 aromatic heterocycles. The number of halogens is 1. The molecule has 0 bridgehead atoms. The number of ketones is 3. The molecule has 0 heterocycles. The van der Waals surface area contributed by atoms with Gasteiger partial charge in [0.05, 0.1) is 64.0 Å². The van der Waals surface area contributed by atoms with E-state index in [0.717, 1.165) is 23.0 Å². The second-order valence-corrected chi connectivity index (χ2v) is 13.8. The number of aldehydes is 1. The van der Waals surface area contributed by atoms with Crippen molar-refractivity contribution in [1.82, 2.24) is 0 Å². The summed E-state index contributed by atoms with van der Waals surface area (Å²) < 4.78 is 46.9.